The Balaban J connectivity index is 1.58. The van der Waals surface area contributed by atoms with Crippen LogP contribution in [0, 0.1) is 0 Å². The van der Waals surface area contributed by atoms with E-state index in [0.29, 0.717) is 12.5 Å². The van der Waals surface area contributed by atoms with Gasteiger partial charge in [0.05, 0.1) is 19.9 Å². The van der Waals surface area contributed by atoms with Crippen molar-refractivity contribution in [3.63, 3.8) is 0 Å². The number of hydrogen-bond donors (Lipinski definition) is 0. The van der Waals surface area contributed by atoms with Gasteiger partial charge in [-0.25, -0.2) is 0 Å². The molecule has 0 bridgehead atoms. The monoisotopic (exact) mass is 343 g/mol. The lowest BCUT2D eigenvalue weighted by molar-refractivity contribution is 0.131. The molecular formula is C20H29N3O2. The quantitative estimate of drug-likeness (QED) is 0.773. The number of methoxy groups -OCH3 is 1. The third-order valence-electron chi connectivity index (χ3n) is 5.00. The van der Waals surface area contributed by atoms with Gasteiger partial charge in [0, 0.05) is 32.0 Å². The summed E-state index contributed by atoms with van der Waals surface area (Å²) >= 11 is 0. The summed E-state index contributed by atoms with van der Waals surface area (Å²) in [4.78, 5) is 2.54. The molecule has 2 aromatic rings. The lowest BCUT2D eigenvalue weighted by Crippen LogP contribution is -2.32. The number of likely N-dealkylation sites (tertiary alicyclic amines) is 1. The standard InChI is InChI=1S/C20H29N3O2/c1-4-25-15-18-11-16(5-6-20(18)24-3)13-23-9-7-17(8-10-23)19-12-21-22(2)14-19/h5-6,11-12,14,17H,4,7-10,13,15H2,1-3H3. The zero-order valence-corrected chi connectivity index (χ0v) is 15.6. The molecule has 2 heterocycles. The molecule has 0 radical (unpaired) electrons. The molecule has 5 nitrogen and oxygen atoms in total. The Morgan fingerprint density at radius 1 is 1.24 bits per heavy atom. The predicted octanol–water partition coefficient (Wildman–Crippen LogP) is 3.34. The summed E-state index contributed by atoms with van der Waals surface area (Å²) in [6.45, 7) is 6.59. The number of ether oxygens (including phenoxy) is 2. The topological polar surface area (TPSA) is 39.5 Å². The summed E-state index contributed by atoms with van der Waals surface area (Å²) in [7, 11) is 3.70. The first-order valence-corrected chi connectivity index (χ1v) is 9.14. The van der Waals surface area contributed by atoms with Crippen molar-refractivity contribution in [2.24, 2.45) is 7.05 Å². The first-order valence-electron chi connectivity index (χ1n) is 9.14. The molecule has 0 unspecified atom stereocenters. The van der Waals surface area contributed by atoms with Gasteiger partial charge in [-0.1, -0.05) is 6.07 Å². The van der Waals surface area contributed by atoms with Crippen molar-refractivity contribution in [2.75, 3.05) is 26.8 Å². The fourth-order valence-corrected chi connectivity index (χ4v) is 3.59. The number of nitrogens with zero attached hydrogens (tertiary/aromatic N) is 3. The van der Waals surface area contributed by atoms with Crippen molar-refractivity contribution in [1.29, 1.82) is 0 Å². The van der Waals surface area contributed by atoms with Crippen LogP contribution in [0.4, 0.5) is 0 Å². The van der Waals surface area contributed by atoms with Gasteiger partial charge < -0.3 is 9.47 Å². The zero-order valence-electron chi connectivity index (χ0n) is 15.6. The Labute approximate surface area is 150 Å². The normalized spacial score (nSPS) is 16.3. The van der Waals surface area contributed by atoms with Gasteiger partial charge in [-0.2, -0.15) is 5.10 Å². The van der Waals surface area contributed by atoms with E-state index in [4.69, 9.17) is 9.47 Å². The predicted molar refractivity (Wildman–Crippen MR) is 98.8 cm³/mol. The van der Waals surface area contributed by atoms with E-state index >= 15 is 0 Å². The first kappa shape index (κ1) is 18.0. The molecule has 5 heteroatoms. The van der Waals surface area contributed by atoms with E-state index in [2.05, 4.69) is 34.4 Å². The maximum absolute atomic E-state index is 5.57. The van der Waals surface area contributed by atoms with Gasteiger partial charge in [-0.3, -0.25) is 9.58 Å². The summed E-state index contributed by atoms with van der Waals surface area (Å²) in [5.41, 5.74) is 3.84. The van der Waals surface area contributed by atoms with Crippen LogP contribution in [0.25, 0.3) is 0 Å². The van der Waals surface area contributed by atoms with Gasteiger partial charge >= 0.3 is 0 Å². The van der Waals surface area contributed by atoms with Crippen LogP contribution < -0.4 is 4.74 Å². The molecule has 0 spiro atoms. The van der Waals surface area contributed by atoms with Gasteiger partial charge in [0.25, 0.3) is 0 Å². The van der Waals surface area contributed by atoms with Crippen molar-refractivity contribution >= 4 is 0 Å². The van der Waals surface area contributed by atoms with E-state index in [0.717, 1.165) is 37.6 Å². The van der Waals surface area contributed by atoms with Crippen molar-refractivity contribution in [1.82, 2.24) is 14.7 Å². The number of rotatable bonds is 7. The number of benzene rings is 1. The molecule has 1 aliphatic heterocycles. The first-order chi connectivity index (χ1) is 12.2. The maximum atomic E-state index is 5.57. The highest BCUT2D eigenvalue weighted by Crippen LogP contribution is 2.29. The molecule has 0 saturated carbocycles. The summed E-state index contributed by atoms with van der Waals surface area (Å²) in [6, 6.07) is 6.45. The number of hydrogen-bond acceptors (Lipinski definition) is 4. The molecule has 1 aromatic heterocycles. The van der Waals surface area contributed by atoms with Crippen LogP contribution in [0.1, 0.15) is 42.4 Å². The number of aryl methyl sites for hydroxylation is 1. The Morgan fingerprint density at radius 3 is 2.68 bits per heavy atom. The van der Waals surface area contributed by atoms with E-state index < -0.39 is 0 Å². The molecule has 0 amide bonds. The van der Waals surface area contributed by atoms with Crippen LogP contribution in [0.15, 0.2) is 30.6 Å². The summed E-state index contributed by atoms with van der Waals surface area (Å²) in [5.74, 6) is 1.56. The highest BCUT2D eigenvalue weighted by atomic mass is 16.5. The second-order valence-corrected chi connectivity index (χ2v) is 6.78. The van der Waals surface area contributed by atoms with Gasteiger partial charge in [-0.05, 0) is 62.0 Å². The molecule has 3 rings (SSSR count). The number of aromatic nitrogens is 2. The Bertz CT molecular complexity index is 675. The second-order valence-electron chi connectivity index (χ2n) is 6.78. The van der Waals surface area contributed by atoms with Gasteiger partial charge in [0.2, 0.25) is 0 Å². The molecule has 1 aromatic carbocycles. The van der Waals surface area contributed by atoms with Crippen molar-refractivity contribution in [2.45, 2.75) is 38.8 Å². The molecule has 0 aliphatic carbocycles. The van der Waals surface area contributed by atoms with Gasteiger partial charge in [0.1, 0.15) is 5.75 Å². The number of piperidine rings is 1. The Morgan fingerprint density at radius 2 is 2.04 bits per heavy atom. The molecule has 25 heavy (non-hydrogen) atoms. The van der Waals surface area contributed by atoms with Crippen LogP contribution in [-0.2, 0) is 24.9 Å². The highest BCUT2D eigenvalue weighted by Gasteiger charge is 2.21. The van der Waals surface area contributed by atoms with E-state index in [9.17, 15) is 0 Å². The molecule has 1 aliphatic rings. The third kappa shape index (κ3) is 4.61. The highest BCUT2D eigenvalue weighted by molar-refractivity contribution is 5.37. The molecule has 0 atom stereocenters. The van der Waals surface area contributed by atoms with E-state index in [1.807, 2.05) is 24.9 Å². The van der Waals surface area contributed by atoms with Crippen LogP contribution in [0.3, 0.4) is 0 Å². The smallest absolute Gasteiger partial charge is 0.124 e. The minimum Gasteiger partial charge on any atom is -0.496 e. The van der Waals surface area contributed by atoms with Crippen LogP contribution in [0.2, 0.25) is 0 Å². The van der Waals surface area contributed by atoms with Crippen LogP contribution in [-0.4, -0.2) is 41.5 Å². The molecule has 1 saturated heterocycles. The van der Waals surface area contributed by atoms with Crippen LogP contribution in [0.5, 0.6) is 5.75 Å². The average molecular weight is 343 g/mol. The molecule has 0 N–H and O–H groups in total. The third-order valence-corrected chi connectivity index (χ3v) is 5.00. The Hall–Kier alpha value is -1.85. The van der Waals surface area contributed by atoms with Crippen LogP contribution >= 0.6 is 0 Å². The fourth-order valence-electron chi connectivity index (χ4n) is 3.59. The lowest BCUT2D eigenvalue weighted by atomic mass is 9.91. The largest absolute Gasteiger partial charge is 0.496 e. The lowest BCUT2D eigenvalue weighted by Gasteiger charge is -2.31. The minimum absolute atomic E-state index is 0.608. The zero-order chi connectivity index (χ0) is 17.6. The Kier molecular flexibility index (Phi) is 6.10. The van der Waals surface area contributed by atoms with E-state index in [1.54, 1.807) is 7.11 Å². The molecule has 136 valence electrons. The SMILES string of the molecule is CCOCc1cc(CN2CCC(c3cnn(C)c3)CC2)ccc1OC. The van der Waals surface area contributed by atoms with E-state index in [1.165, 1.54) is 24.0 Å². The average Bonchev–Trinajstić information content (AvgIpc) is 3.07. The fraction of sp³-hybridized carbons (Fsp3) is 0.550. The maximum Gasteiger partial charge on any atom is 0.124 e. The molecular weight excluding hydrogens is 314 g/mol. The van der Waals surface area contributed by atoms with Crippen molar-refractivity contribution in [3.8, 4) is 5.75 Å². The molecule has 1 fully saturated rings. The second kappa shape index (κ2) is 8.50. The summed E-state index contributed by atoms with van der Waals surface area (Å²) in [6.07, 6.45) is 6.58. The van der Waals surface area contributed by atoms with Crippen molar-refractivity contribution in [3.05, 3.63) is 47.3 Å². The van der Waals surface area contributed by atoms with E-state index in [-0.39, 0.29) is 0 Å². The summed E-state index contributed by atoms with van der Waals surface area (Å²) < 4.78 is 12.9. The minimum atomic E-state index is 0.608. The van der Waals surface area contributed by atoms with Gasteiger partial charge in [0.15, 0.2) is 0 Å². The van der Waals surface area contributed by atoms with Gasteiger partial charge in [-0.15, -0.1) is 0 Å². The summed E-state index contributed by atoms with van der Waals surface area (Å²) in [5, 5.41) is 4.31. The van der Waals surface area contributed by atoms with Crippen molar-refractivity contribution < 1.29 is 9.47 Å².